The van der Waals surface area contributed by atoms with Crippen LogP contribution in [0.5, 0.6) is 0 Å². The molecule has 0 bridgehead atoms. The van der Waals surface area contributed by atoms with E-state index in [9.17, 15) is 4.79 Å². The van der Waals surface area contributed by atoms with Crippen LogP contribution >= 0.6 is 15.9 Å². The van der Waals surface area contributed by atoms with E-state index in [4.69, 9.17) is 10.2 Å². The Labute approximate surface area is 67.5 Å². The lowest BCUT2D eigenvalue weighted by molar-refractivity contribution is -0.133. The Hall–Kier alpha value is -0.350. The summed E-state index contributed by atoms with van der Waals surface area (Å²) in [5.41, 5.74) is -0.190. The minimum Gasteiger partial charge on any atom is -0.478 e. The molecular formula is C6H9BrO3. The van der Waals surface area contributed by atoms with Crippen molar-refractivity contribution in [3.63, 3.8) is 0 Å². The molecule has 58 valence electrons. The Morgan fingerprint density at radius 1 is 1.70 bits per heavy atom. The van der Waals surface area contributed by atoms with Gasteiger partial charge in [-0.1, -0.05) is 22.5 Å². The molecule has 0 amide bonds. The molecule has 0 aliphatic heterocycles. The molecule has 0 aliphatic carbocycles. The summed E-state index contributed by atoms with van der Waals surface area (Å²) in [4.78, 5) is 9.88. The van der Waals surface area contributed by atoms with Crippen molar-refractivity contribution in [2.45, 2.75) is 17.9 Å². The van der Waals surface area contributed by atoms with E-state index >= 15 is 0 Å². The van der Waals surface area contributed by atoms with E-state index in [-0.39, 0.29) is 10.4 Å². The smallest absolute Gasteiger partial charge is 0.333 e. The van der Waals surface area contributed by atoms with Crippen LogP contribution < -0.4 is 0 Å². The highest BCUT2D eigenvalue weighted by Gasteiger charge is 2.19. The molecule has 0 radical (unpaired) electrons. The number of carboxylic acids is 1. The van der Waals surface area contributed by atoms with Crippen LogP contribution in [0.15, 0.2) is 12.2 Å². The van der Waals surface area contributed by atoms with Crippen molar-refractivity contribution >= 4 is 21.9 Å². The molecule has 0 aromatic rings. The highest BCUT2D eigenvalue weighted by molar-refractivity contribution is 9.09. The van der Waals surface area contributed by atoms with Gasteiger partial charge in [0.05, 0.1) is 11.7 Å². The van der Waals surface area contributed by atoms with Crippen molar-refractivity contribution in [3.05, 3.63) is 12.2 Å². The second-order valence-corrected chi connectivity index (χ2v) is 3.40. The molecule has 3 nitrogen and oxygen atoms in total. The minimum atomic E-state index is -1.17. The van der Waals surface area contributed by atoms with Crippen LogP contribution in [0.1, 0.15) is 6.92 Å². The molecule has 0 rings (SSSR count). The van der Waals surface area contributed by atoms with E-state index in [1.807, 2.05) is 0 Å². The molecule has 0 heterocycles. The van der Waals surface area contributed by atoms with Gasteiger partial charge in [0.1, 0.15) is 0 Å². The number of hydrogen-bond donors (Lipinski definition) is 2. The van der Waals surface area contributed by atoms with Gasteiger partial charge in [0, 0.05) is 4.83 Å². The standard InChI is InChI=1S/C6H9BrO3/c1-3(6(9)10)5(8)4(2)7/h4-5,8H,1H2,2H3,(H,9,10). The molecule has 10 heavy (non-hydrogen) atoms. The number of aliphatic hydroxyl groups excluding tert-OH is 1. The maximum Gasteiger partial charge on any atom is 0.333 e. The first-order valence-corrected chi connectivity index (χ1v) is 3.62. The van der Waals surface area contributed by atoms with Crippen LogP contribution in [0.2, 0.25) is 0 Å². The van der Waals surface area contributed by atoms with Crippen molar-refractivity contribution in [1.29, 1.82) is 0 Å². The molecule has 2 N–H and O–H groups in total. The van der Waals surface area contributed by atoms with Crippen LogP contribution in [0.4, 0.5) is 0 Å². The number of carboxylic acid groups (broad SMARTS) is 1. The molecule has 0 aliphatic rings. The SMILES string of the molecule is C=C(C(=O)O)C(O)C(C)Br. The van der Waals surface area contributed by atoms with Gasteiger partial charge in [-0.15, -0.1) is 0 Å². The highest BCUT2D eigenvalue weighted by Crippen LogP contribution is 2.11. The fourth-order valence-electron chi connectivity index (χ4n) is 0.404. The van der Waals surface area contributed by atoms with Crippen molar-refractivity contribution < 1.29 is 15.0 Å². The Morgan fingerprint density at radius 3 is 2.20 bits per heavy atom. The third kappa shape index (κ3) is 2.49. The first kappa shape index (κ1) is 9.65. The molecule has 0 fully saturated rings. The molecule has 0 saturated carbocycles. The summed E-state index contributed by atoms with van der Waals surface area (Å²) in [6, 6.07) is 0. The van der Waals surface area contributed by atoms with Gasteiger partial charge >= 0.3 is 5.97 Å². The number of carbonyl (C=O) groups is 1. The van der Waals surface area contributed by atoms with Gasteiger partial charge < -0.3 is 10.2 Å². The van der Waals surface area contributed by atoms with Crippen LogP contribution in [0.25, 0.3) is 0 Å². The first-order chi connectivity index (χ1) is 4.46. The molecule has 0 saturated heterocycles. The van der Waals surface area contributed by atoms with E-state index in [0.29, 0.717) is 0 Å². The van der Waals surface area contributed by atoms with E-state index < -0.39 is 12.1 Å². The van der Waals surface area contributed by atoms with E-state index in [2.05, 4.69) is 22.5 Å². The van der Waals surface area contributed by atoms with Gasteiger partial charge in [-0.2, -0.15) is 0 Å². The number of aliphatic hydroxyl groups is 1. The quantitative estimate of drug-likeness (QED) is 0.533. The molecule has 4 heteroatoms. The summed E-state index contributed by atoms with van der Waals surface area (Å²) in [5, 5.41) is 17.4. The number of hydrogen-bond acceptors (Lipinski definition) is 2. The van der Waals surface area contributed by atoms with Crippen LogP contribution in [-0.2, 0) is 4.79 Å². The van der Waals surface area contributed by atoms with Gasteiger partial charge in [0.15, 0.2) is 0 Å². The fourth-order valence-corrected chi connectivity index (χ4v) is 0.723. The lowest BCUT2D eigenvalue weighted by atomic mass is 10.1. The zero-order valence-electron chi connectivity index (χ0n) is 5.54. The van der Waals surface area contributed by atoms with Gasteiger partial charge in [-0.3, -0.25) is 0 Å². The number of aliphatic carboxylic acids is 1. The molecule has 0 spiro atoms. The third-order valence-electron chi connectivity index (χ3n) is 1.07. The topological polar surface area (TPSA) is 57.5 Å². The minimum absolute atomic E-state index is 0.190. The summed E-state index contributed by atoms with van der Waals surface area (Å²) in [5.74, 6) is -1.17. The maximum absolute atomic E-state index is 10.2. The molecule has 2 unspecified atom stereocenters. The predicted octanol–water partition coefficient (Wildman–Crippen LogP) is 0.772. The lowest BCUT2D eigenvalue weighted by Gasteiger charge is -2.11. The van der Waals surface area contributed by atoms with Gasteiger partial charge in [-0.25, -0.2) is 4.79 Å². The summed E-state index contributed by atoms with van der Waals surface area (Å²) in [7, 11) is 0. The second kappa shape index (κ2) is 3.73. The van der Waals surface area contributed by atoms with Gasteiger partial charge in [0.25, 0.3) is 0 Å². The van der Waals surface area contributed by atoms with Crippen molar-refractivity contribution in [1.82, 2.24) is 0 Å². The monoisotopic (exact) mass is 208 g/mol. The number of halogens is 1. The number of rotatable bonds is 3. The molecular weight excluding hydrogens is 200 g/mol. The Morgan fingerprint density at radius 2 is 2.10 bits per heavy atom. The van der Waals surface area contributed by atoms with E-state index in [1.54, 1.807) is 6.92 Å². The van der Waals surface area contributed by atoms with Crippen molar-refractivity contribution in [2.24, 2.45) is 0 Å². The van der Waals surface area contributed by atoms with Crippen molar-refractivity contribution in [2.75, 3.05) is 0 Å². The third-order valence-corrected chi connectivity index (χ3v) is 1.57. The van der Waals surface area contributed by atoms with Crippen molar-refractivity contribution in [3.8, 4) is 0 Å². The molecule has 0 aromatic carbocycles. The second-order valence-electron chi connectivity index (χ2n) is 1.95. The summed E-state index contributed by atoms with van der Waals surface area (Å²) >= 11 is 3.03. The van der Waals surface area contributed by atoms with Crippen LogP contribution in [0.3, 0.4) is 0 Å². The summed E-state index contributed by atoms with van der Waals surface area (Å²) < 4.78 is 0. The summed E-state index contributed by atoms with van der Waals surface area (Å²) in [6.07, 6.45) is -1.02. The molecule has 2 atom stereocenters. The molecule has 0 aromatic heterocycles. The largest absolute Gasteiger partial charge is 0.478 e. The Kier molecular flexibility index (Phi) is 3.60. The average Bonchev–Trinajstić information content (AvgIpc) is 1.84. The zero-order chi connectivity index (χ0) is 8.31. The first-order valence-electron chi connectivity index (χ1n) is 2.71. The summed E-state index contributed by atoms with van der Waals surface area (Å²) in [6.45, 7) is 4.85. The van der Waals surface area contributed by atoms with E-state index in [0.717, 1.165) is 0 Å². The van der Waals surface area contributed by atoms with Gasteiger partial charge in [-0.05, 0) is 6.92 Å². The lowest BCUT2D eigenvalue weighted by Crippen LogP contribution is -2.23. The Bertz CT molecular complexity index is 153. The van der Waals surface area contributed by atoms with Crippen LogP contribution in [-0.4, -0.2) is 27.1 Å². The zero-order valence-corrected chi connectivity index (χ0v) is 7.13. The normalized spacial score (nSPS) is 15.9. The fraction of sp³-hybridized carbons (Fsp3) is 0.500. The highest BCUT2D eigenvalue weighted by atomic mass is 79.9. The van der Waals surface area contributed by atoms with Crippen LogP contribution in [0, 0.1) is 0 Å². The Balaban J connectivity index is 4.08. The predicted molar refractivity (Wildman–Crippen MR) is 41.2 cm³/mol. The van der Waals surface area contributed by atoms with E-state index in [1.165, 1.54) is 0 Å². The van der Waals surface area contributed by atoms with Gasteiger partial charge in [0.2, 0.25) is 0 Å². The average molecular weight is 209 g/mol. The number of alkyl halides is 1. The maximum atomic E-state index is 10.2.